The van der Waals surface area contributed by atoms with Crippen LogP contribution in [0.5, 0.6) is 0 Å². The molecule has 0 spiro atoms. The predicted octanol–water partition coefficient (Wildman–Crippen LogP) is 2.73. The Morgan fingerprint density at radius 1 is 1.09 bits per heavy atom. The van der Waals surface area contributed by atoms with Crippen molar-refractivity contribution in [2.75, 3.05) is 31.1 Å². The molecule has 1 aliphatic rings. The molecule has 1 aromatic heterocycles. The Kier molecular flexibility index (Phi) is 5.06. The quantitative estimate of drug-likeness (QED) is 0.821. The van der Waals surface area contributed by atoms with Crippen LogP contribution in [0.3, 0.4) is 0 Å². The standard InChI is InChI=1S/C17H24N4O/c1-2-3-9-16-18-17(22-19-16)14-20-10-12-21(13-11-20)15-7-5-4-6-8-15/h4-8H,2-3,9-14H2,1H3. The first kappa shape index (κ1) is 15.0. The second kappa shape index (κ2) is 7.40. The summed E-state index contributed by atoms with van der Waals surface area (Å²) in [4.78, 5) is 9.30. The van der Waals surface area contributed by atoms with Gasteiger partial charge in [-0.25, -0.2) is 0 Å². The predicted molar refractivity (Wildman–Crippen MR) is 86.8 cm³/mol. The number of hydrogen-bond donors (Lipinski definition) is 0. The Balaban J connectivity index is 1.48. The van der Waals surface area contributed by atoms with Gasteiger partial charge in [0.25, 0.3) is 0 Å². The van der Waals surface area contributed by atoms with Gasteiger partial charge in [-0.1, -0.05) is 36.7 Å². The third-order valence-electron chi connectivity index (χ3n) is 4.12. The van der Waals surface area contributed by atoms with Crippen LogP contribution in [0.4, 0.5) is 5.69 Å². The second-order valence-corrected chi connectivity index (χ2v) is 5.81. The van der Waals surface area contributed by atoms with E-state index in [1.807, 2.05) is 0 Å². The van der Waals surface area contributed by atoms with Crippen molar-refractivity contribution in [1.82, 2.24) is 15.0 Å². The van der Waals surface area contributed by atoms with Gasteiger partial charge in [0.05, 0.1) is 6.54 Å². The molecule has 0 unspecified atom stereocenters. The van der Waals surface area contributed by atoms with Gasteiger partial charge in [0, 0.05) is 38.3 Å². The lowest BCUT2D eigenvalue weighted by molar-refractivity contribution is 0.215. The van der Waals surface area contributed by atoms with Crippen molar-refractivity contribution in [2.24, 2.45) is 0 Å². The number of rotatable bonds is 6. The molecule has 5 heteroatoms. The van der Waals surface area contributed by atoms with Crippen molar-refractivity contribution in [3.05, 3.63) is 42.0 Å². The molecule has 2 aromatic rings. The van der Waals surface area contributed by atoms with Crippen molar-refractivity contribution in [1.29, 1.82) is 0 Å². The van der Waals surface area contributed by atoms with Crippen LogP contribution in [0.1, 0.15) is 31.5 Å². The summed E-state index contributed by atoms with van der Waals surface area (Å²) < 4.78 is 5.36. The summed E-state index contributed by atoms with van der Waals surface area (Å²) in [5.74, 6) is 1.60. The van der Waals surface area contributed by atoms with Crippen molar-refractivity contribution in [3.8, 4) is 0 Å². The van der Waals surface area contributed by atoms with Crippen molar-refractivity contribution in [3.63, 3.8) is 0 Å². The van der Waals surface area contributed by atoms with Crippen LogP contribution < -0.4 is 4.90 Å². The Morgan fingerprint density at radius 2 is 1.86 bits per heavy atom. The maximum absolute atomic E-state index is 5.36. The molecule has 0 saturated carbocycles. The van der Waals surface area contributed by atoms with E-state index in [0.29, 0.717) is 0 Å². The van der Waals surface area contributed by atoms with Gasteiger partial charge < -0.3 is 9.42 Å². The Hall–Kier alpha value is -1.88. The van der Waals surface area contributed by atoms with E-state index in [1.165, 1.54) is 5.69 Å². The highest BCUT2D eigenvalue weighted by Crippen LogP contribution is 2.16. The van der Waals surface area contributed by atoms with Crippen molar-refractivity contribution < 1.29 is 4.52 Å². The molecule has 1 saturated heterocycles. The fourth-order valence-electron chi connectivity index (χ4n) is 2.79. The summed E-state index contributed by atoms with van der Waals surface area (Å²) in [5.41, 5.74) is 1.31. The zero-order chi connectivity index (χ0) is 15.2. The van der Waals surface area contributed by atoms with E-state index in [2.05, 4.69) is 57.2 Å². The molecule has 0 atom stereocenters. The fourth-order valence-corrected chi connectivity index (χ4v) is 2.79. The molecule has 0 bridgehead atoms. The van der Waals surface area contributed by atoms with E-state index < -0.39 is 0 Å². The summed E-state index contributed by atoms with van der Waals surface area (Å²) in [6.07, 6.45) is 3.20. The van der Waals surface area contributed by atoms with E-state index in [0.717, 1.165) is 63.7 Å². The average molecular weight is 300 g/mol. The largest absolute Gasteiger partial charge is 0.369 e. The smallest absolute Gasteiger partial charge is 0.240 e. The normalized spacial score (nSPS) is 16.1. The van der Waals surface area contributed by atoms with Gasteiger partial charge in [0.1, 0.15) is 0 Å². The van der Waals surface area contributed by atoms with E-state index >= 15 is 0 Å². The number of benzene rings is 1. The third kappa shape index (κ3) is 3.85. The minimum Gasteiger partial charge on any atom is -0.369 e. The van der Waals surface area contributed by atoms with Crippen molar-refractivity contribution >= 4 is 5.69 Å². The van der Waals surface area contributed by atoms with E-state index in [9.17, 15) is 0 Å². The summed E-state index contributed by atoms with van der Waals surface area (Å²) >= 11 is 0. The zero-order valence-electron chi connectivity index (χ0n) is 13.2. The van der Waals surface area contributed by atoms with Crippen LogP contribution in [-0.2, 0) is 13.0 Å². The monoisotopic (exact) mass is 300 g/mol. The van der Waals surface area contributed by atoms with Gasteiger partial charge in [-0.2, -0.15) is 4.98 Å². The highest BCUT2D eigenvalue weighted by Gasteiger charge is 2.19. The van der Waals surface area contributed by atoms with Gasteiger partial charge >= 0.3 is 0 Å². The van der Waals surface area contributed by atoms with Crippen LogP contribution in [0.2, 0.25) is 0 Å². The SMILES string of the molecule is CCCCc1noc(CN2CCN(c3ccccc3)CC2)n1. The lowest BCUT2D eigenvalue weighted by Crippen LogP contribution is -2.46. The molecule has 22 heavy (non-hydrogen) atoms. The van der Waals surface area contributed by atoms with E-state index in [-0.39, 0.29) is 0 Å². The van der Waals surface area contributed by atoms with Gasteiger partial charge in [-0.15, -0.1) is 0 Å². The van der Waals surface area contributed by atoms with Crippen LogP contribution in [0, 0.1) is 0 Å². The van der Waals surface area contributed by atoms with Gasteiger partial charge in [0.15, 0.2) is 5.82 Å². The molecule has 0 radical (unpaired) electrons. The van der Waals surface area contributed by atoms with Gasteiger partial charge in [-0.05, 0) is 18.6 Å². The molecule has 0 N–H and O–H groups in total. The molecular formula is C17H24N4O. The number of unbranched alkanes of at least 4 members (excludes halogenated alkanes) is 1. The molecule has 5 nitrogen and oxygen atoms in total. The molecule has 1 aromatic carbocycles. The maximum atomic E-state index is 5.36. The average Bonchev–Trinajstić information content (AvgIpc) is 3.02. The number of para-hydroxylation sites is 1. The first-order valence-electron chi connectivity index (χ1n) is 8.19. The highest BCUT2D eigenvalue weighted by atomic mass is 16.5. The molecule has 0 amide bonds. The third-order valence-corrected chi connectivity index (χ3v) is 4.12. The summed E-state index contributed by atoms with van der Waals surface area (Å²) in [5, 5.41) is 4.06. The molecule has 2 heterocycles. The number of aryl methyl sites for hydroxylation is 1. The van der Waals surface area contributed by atoms with Crippen LogP contribution in [0.25, 0.3) is 0 Å². The number of aromatic nitrogens is 2. The minimum absolute atomic E-state index is 0.749. The van der Waals surface area contributed by atoms with Crippen molar-refractivity contribution in [2.45, 2.75) is 32.7 Å². The van der Waals surface area contributed by atoms with Crippen LogP contribution in [-0.4, -0.2) is 41.2 Å². The Labute approximate surface area is 131 Å². The Morgan fingerprint density at radius 3 is 2.59 bits per heavy atom. The van der Waals surface area contributed by atoms with Crippen LogP contribution >= 0.6 is 0 Å². The molecule has 118 valence electrons. The Bertz CT molecular complexity index is 561. The summed E-state index contributed by atoms with van der Waals surface area (Å²) in [6.45, 7) is 7.08. The molecular weight excluding hydrogens is 276 g/mol. The zero-order valence-corrected chi connectivity index (χ0v) is 13.2. The topological polar surface area (TPSA) is 45.4 Å². The summed E-state index contributed by atoms with van der Waals surface area (Å²) in [7, 11) is 0. The van der Waals surface area contributed by atoms with Gasteiger partial charge in [0.2, 0.25) is 5.89 Å². The highest BCUT2D eigenvalue weighted by molar-refractivity contribution is 5.46. The van der Waals surface area contributed by atoms with E-state index in [1.54, 1.807) is 0 Å². The first-order chi connectivity index (χ1) is 10.8. The second-order valence-electron chi connectivity index (χ2n) is 5.81. The summed E-state index contributed by atoms with van der Waals surface area (Å²) in [6, 6.07) is 10.6. The number of piperazine rings is 1. The fraction of sp³-hybridized carbons (Fsp3) is 0.529. The van der Waals surface area contributed by atoms with Crippen LogP contribution in [0.15, 0.2) is 34.9 Å². The lowest BCUT2D eigenvalue weighted by atomic mass is 10.2. The molecule has 3 rings (SSSR count). The molecule has 1 aliphatic heterocycles. The van der Waals surface area contributed by atoms with Gasteiger partial charge in [-0.3, -0.25) is 4.90 Å². The molecule has 1 fully saturated rings. The lowest BCUT2D eigenvalue weighted by Gasteiger charge is -2.35. The van der Waals surface area contributed by atoms with E-state index in [4.69, 9.17) is 4.52 Å². The minimum atomic E-state index is 0.749. The number of anilines is 1. The maximum Gasteiger partial charge on any atom is 0.240 e. The number of hydrogen-bond acceptors (Lipinski definition) is 5. The molecule has 0 aliphatic carbocycles. The number of nitrogens with zero attached hydrogens (tertiary/aromatic N) is 4. The first-order valence-corrected chi connectivity index (χ1v) is 8.19.